The Kier molecular flexibility index (Phi) is 7.39. The molecule has 0 N–H and O–H groups in total. The lowest BCUT2D eigenvalue weighted by molar-refractivity contribution is -0.280. The first-order chi connectivity index (χ1) is 17.6. The molecule has 12 heteroatoms. The van der Waals surface area contributed by atoms with Gasteiger partial charge in [0.25, 0.3) is 0 Å². The molecule has 0 aliphatic carbocycles. The molecule has 12 nitrogen and oxygen atoms in total. The van der Waals surface area contributed by atoms with Crippen molar-refractivity contribution in [1.29, 1.82) is 0 Å². The fourth-order valence-electron chi connectivity index (χ4n) is 4.35. The van der Waals surface area contributed by atoms with Gasteiger partial charge in [-0.15, -0.1) is 0 Å². The molecule has 0 amide bonds. The molecule has 1 saturated heterocycles. The summed E-state index contributed by atoms with van der Waals surface area (Å²) in [7, 11) is 2.97. The van der Waals surface area contributed by atoms with Crippen LogP contribution < -0.4 is 14.2 Å². The first-order valence-corrected chi connectivity index (χ1v) is 11.4. The van der Waals surface area contributed by atoms with Gasteiger partial charge in [-0.05, 0) is 25.1 Å². The van der Waals surface area contributed by atoms with Crippen LogP contribution in [0.4, 0.5) is 0 Å². The number of aromatic nitrogens is 1. The number of pyridine rings is 1. The summed E-state index contributed by atoms with van der Waals surface area (Å²) >= 11 is 0. The Hall–Kier alpha value is -4.06. The number of rotatable bonds is 7. The van der Waals surface area contributed by atoms with Crippen LogP contribution in [0.2, 0.25) is 0 Å². The van der Waals surface area contributed by atoms with Crippen LogP contribution in [0.5, 0.6) is 17.2 Å². The number of fused-ring (bicyclic) bond motifs is 2. The molecule has 1 aliphatic heterocycles. The highest BCUT2D eigenvalue weighted by molar-refractivity contribution is 6.02. The van der Waals surface area contributed by atoms with Crippen LogP contribution in [-0.4, -0.2) is 67.8 Å². The van der Waals surface area contributed by atoms with Crippen molar-refractivity contribution in [3.63, 3.8) is 0 Å². The topological polar surface area (TPSA) is 142 Å². The summed E-state index contributed by atoms with van der Waals surface area (Å²) in [6.45, 7) is 5.19. The van der Waals surface area contributed by atoms with Crippen LogP contribution in [0.25, 0.3) is 22.0 Å². The Bertz CT molecular complexity index is 1330. The van der Waals surface area contributed by atoms with Gasteiger partial charge in [-0.3, -0.25) is 14.4 Å². The molecule has 1 aromatic carbocycles. The molecule has 0 radical (unpaired) electrons. The maximum Gasteiger partial charge on any atom is 0.303 e. The quantitative estimate of drug-likeness (QED) is 0.336. The zero-order chi connectivity index (χ0) is 26.9. The SMILES string of the molecule is COc1c2ccoc2nc2c(OC)c(O[C@@H]3O[C@H](C)[C@H](OC(C)=O)[C@H](OC(C)=O)[C@@H]3OC(C)=O)ccc12. The second-order valence-electron chi connectivity index (χ2n) is 8.33. The third-order valence-corrected chi connectivity index (χ3v) is 5.73. The predicted molar refractivity (Wildman–Crippen MR) is 126 cm³/mol. The smallest absolute Gasteiger partial charge is 0.303 e. The molecule has 198 valence electrons. The number of esters is 3. The van der Waals surface area contributed by atoms with E-state index >= 15 is 0 Å². The predicted octanol–water partition coefficient (Wildman–Crippen LogP) is 2.92. The zero-order valence-electron chi connectivity index (χ0n) is 21.1. The van der Waals surface area contributed by atoms with Crippen molar-refractivity contribution in [2.24, 2.45) is 0 Å². The third kappa shape index (κ3) is 5.10. The Morgan fingerprint density at radius 2 is 1.43 bits per heavy atom. The van der Waals surface area contributed by atoms with Crippen LogP contribution in [0.3, 0.4) is 0 Å². The minimum Gasteiger partial charge on any atom is -0.495 e. The summed E-state index contributed by atoms with van der Waals surface area (Å²) < 4.78 is 45.0. The first-order valence-electron chi connectivity index (χ1n) is 11.4. The second kappa shape index (κ2) is 10.5. The molecule has 5 atom stereocenters. The van der Waals surface area contributed by atoms with Gasteiger partial charge < -0.3 is 37.6 Å². The van der Waals surface area contributed by atoms with E-state index in [1.807, 2.05) is 0 Å². The van der Waals surface area contributed by atoms with E-state index in [0.29, 0.717) is 27.8 Å². The molecule has 0 bridgehead atoms. The molecule has 1 aliphatic rings. The average Bonchev–Trinajstić information content (AvgIpc) is 3.29. The van der Waals surface area contributed by atoms with E-state index in [1.165, 1.54) is 41.3 Å². The van der Waals surface area contributed by atoms with Gasteiger partial charge in [0, 0.05) is 26.2 Å². The normalized spacial score (nSPS) is 23.4. The number of ether oxygens (including phenoxy) is 7. The second-order valence-corrected chi connectivity index (χ2v) is 8.33. The minimum atomic E-state index is -1.28. The molecule has 2 aromatic heterocycles. The number of methoxy groups -OCH3 is 2. The first kappa shape index (κ1) is 26.0. The van der Waals surface area contributed by atoms with Gasteiger partial charge in [0.2, 0.25) is 18.1 Å². The molecular weight excluding hydrogens is 490 g/mol. The summed E-state index contributed by atoms with van der Waals surface area (Å²) in [6, 6.07) is 5.09. The standard InChI is InChI=1S/C25H27NO11/c1-11-19(34-12(2)27)22(35-13(3)28)23(36-14(4)29)25(33-11)37-17-8-7-15-18(21(17)31-6)26-24-16(9-10-32-24)20(15)30-5/h7-11,19,22-23,25H,1-6H3/t11-,19+,22+,23+,25+/m1/s1. The summed E-state index contributed by atoms with van der Waals surface area (Å²) in [5.74, 6) is -1.02. The van der Waals surface area contributed by atoms with Crippen molar-refractivity contribution in [3.05, 3.63) is 24.5 Å². The highest BCUT2D eigenvalue weighted by Crippen LogP contribution is 2.42. The molecule has 4 rings (SSSR count). The highest BCUT2D eigenvalue weighted by Gasteiger charge is 2.51. The number of furan rings is 1. The molecular formula is C25H27NO11. The summed E-state index contributed by atoms with van der Waals surface area (Å²) in [5.41, 5.74) is 0.723. The highest BCUT2D eigenvalue weighted by atomic mass is 16.7. The van der Waals surface area contributed by atoms with Gasteiger partial charge in [-0.25, -0.2) is 4.98 Å². The monoisotopic (exact) mass is 517 g/mol. The van der Waals surface area contributed by atoms with Gasteiger partial charge in [0.05, 0.1) is 32.0 Å². The summed E-state index contributed by atoms with van der Waals surface area (Å²) in [5, 5.41) is 1.33. The Labute approximate surface area is 211 Å². The van der Waals surface area contributed by atoms with Crippen LogP contribution in [0, 0.1) is 0 Å². The lowest BCUT2D eigenvalue weighted by Crippen LogP contribution is -2.62. The number of hydrogen-bond donors (Lipinski definition) is 0. The maximum absolute atomic E-state index is 12.0. The van der Waals surface area contributed by atoms with E-state index < -0.39 is 48.6 Å². The van der Waals surface area contributed by atoms with E-state index in [0.717, 1.165) is 0 Å². The molecule has 0 spiro atoms. The van der Waals surface area contributed by atoms with E-state index in [2.05, 4.69) is 4.98 Å². The number of carbonyl (C=O) groups excluding carboxylic acids is 3. The van der Waals surface area contributed by atoms with Crippen molar-refractivity contribution < 1.29 is 52.0 Å². The number of benzene rings is 1. The van der Waals surface area contributed by atoms with Crippen molar-refractivity contribution >= 4 is 39.9 Å². The largest absolute Gasteiger partial charge is 0.495 e. The summed E-state index contributed by atoms with van der Waals surface area (Å²) in [4.78, 5) is 40.2. The van der Waals surface area contributed by atoms with Gasteiger partial charge in [0.15, 0.2) is 23.7 Å². The summed E-state index contributed by atoms with van der Waals surface area (Å²) in [6.07, 6.45) is -4.10. The molecule has 3 aromatic rings. The molecule has 37 heavy (non-hydrogen) atoms. The lowest BCUT2D eigenvalue weighted by atomic mass is 9.98. The lowest BCUT2D eigenvalue weighted by Gasteiger charge is -2.43. The Balaban J connectivity index is 1.78. The van der Waals surface area contributed by atoms with Gasteiger partial charge in [-0.1, -0.05) is 0 Å². The maximum atomic E-state index is 12.0. The fraction of sp³-hybridized carbons (Fsp3) is 0.440. The van der Waals surface area contributed by atoms with E-state index in [4.69, 9.17) is 37.6 Å². The van der Waals surface area contributed by atoms with E-state index in [9.17, 15) is 14.4 Å². The average molecular weight is 517 g/mol. The van der Waals surface area contributed by atoms with Crippen LogP contribution in [0.15, 0.2) is 28.9 Å². The number of nitrogens with zero attached hydrogens (tertiary/aromatic N) is 1. The minimum absolute atomic E-state index is 0.192. The van der Waals surface area contributed by atoms with Gasteiger partial charge >= 0.3 is 17.9 Å². The number of carbonyl (C=O) groups is 3. The third-order valence-electron chi connectivity index (χ3n) is 5.73. The number of hydrogen-bond acceptors (Lipinski definition) is 12. The molecule has 1 fully saturated rings. The van der Waals surface area contributed by atoms with Crippen LogP contribution in [-0.2, 0) is 33.3 Å². The van der Waals surface area contributed by atoms with E-state index in [-0.39, 0.29) is 11.5 Å². The van der Waals surface area contributed by atoms with Crippen molar-refractivity contribution in [3.8, 4) is 17.2 Å². The Morgan fingerprint density at radius 3 is 2.05 bits per heavy atom. The van der Waals surface area contributed by atoms with Crippen molar-refractivity contribution in [2.75, 3.05) is 14.2 Å². The van der Waals surface area contributed by atoms with Crippen LogP contribution >= 0.6 is 0 Å². The van der Waals surface area contributed by atoms with Crippen LogP contribution in [0.1, 0.15) is 27.7 Å². The van der Waals surface area contributed by atoms with Gasteiger partial charge in [-0.2, -0.15) is 0 Å². The Morgan fingerprint density at radius 1 is 0.811 bits per heavy atom. The van der Waals surface area contributed by atoms with Gasteiger partial charge in [0.1, 0.15) is 11.3 Å². The van der Waals surface area contributed by atoms with E-state index in [1.54, 1.807) is 25.1 Å². The van der Waals surface area contributed by atoms with Crippen molar-refractivity contribution in [1.82, 2.24) is 4.98 Å². The zero-order valence-corrected chi connectivity index (χ0v) is 21.1. The van der Waals surface area contributed by atoms with Crippen molar-refractivity contribution in [2.45, 2.75) is 58.4 Å². The molecule has 0 unspecified atom stereocenters. The molecule has 3 heterocycles. The molecule has 0 saturated carbocycles. The fourth-order valence-corrected chi connectivity index (χ4v) is 4.35.